The molecule has 0 aliphatic carbocycles. The van der Waals surface area contributed by atoms with E-state index in [-0.39, 0.29) is 6.10 Å². The van der Waals surface area contributed by atoms with Gasteiger partial charge in [-0.05, 0) is 36.4 Å². The summed E-state index contributed by atoms with van der Waals surface area (Å²) in [5, 5.41) is 14.7. The van der Waals surface area contributed by atoms with Gasteiger partial charge < -0.3 is 9.26 Å². The van der Waals surface area contributed by atoms with Crippen molar-refractivity contribution >= 4 is 11.3 Å². The van der Waals surface area contributed by atoms with Crippen molar-refractivity contribution in [3.05, 3.63) is 58.1 Å². The number of aryl methyl sites for hydroxylation is 2. The van der Waals surface area contributed by atoms with E-state index in [1.807, 2.05) is 23.1 Å². The van der Waals surface area contributed by atoms with E-state index in [4.69, 9.17) is 9.26 Å². The van der Waals surface area contributed by atoms with E-state index in [0.29, 0.717) is 30.6 Å². The molecule has 5 rings (SSSR count). The average molecular weight is 379 g/mol. The lowest BCUT2D eigenvalue weighted by Crippen LogP contribution is -2.22. The summed E-state index contributed by atoms with van der Waals surface area (Å²) in [5.74, 6) is 0.949. The first-order valence-corrected chi connectivity index (χ1v) is 9.56. The molecule has 0 saturated carbocycles. The van der Waals surface area contributed by atoms with E-state index in [0.717, 1.165) is 21.7 Å². The number of thiophene rings is 1. The van der Waals surface area contributed by atoms with E-state index >= 15 is 0 Å². The van der Waals surface area contributed by atoms with Crippen molar-refractivity contribution in [1.82, 2.24) is 25.1 Å². The second-order valence-corrected chi connectivity index (χ2v) is 7.55. The third-order valence-electron chi connectivity index (χ3n) is 4.74. The molecule has 3 aromatic heterocycles. The maximum atomic E-state index is 6.06. The molecule has 0 spiro atoms. The lowest BCUT2D eigenvalue weighted by atomic mass is 10.1. The summed E-state index contributed by atoms with van der Waals surface area (Å²) in [7, 11) is 0. The normalized spacial score (nSPS) is 16.4. The largest absolute Gasteiger partial charge is 0.365 e. The molecule has 0 radical (unpaired) electrons. The van der Waals surface area contributed by atoms with Gasteiger partial charge in [-0.2, -0.15) is 4.98 Å². The molecule has 1 aliphatic heterocycles. The second kappa shape index (κ2) is 6.40. The minimum atomic E-state index is -0.0396. The van der Waals surface area contributed by atoms with E-state index in [9.17, 15) is 0 Å². The van der Waals surface area contributed by atoms with Crippen LogP contribution in [0, 0.1) is 13.8 Å². The van der Waals surface area contributed by atoms with Gasteiger partial charge in [-0.25, -0.2) is 4.68 Å². The van der Waals surface area contributed by atoms with Crippen molar-refractivity contribution in [1.29, 1.82) is 0 Å². The Morgan fingerprint density at radius 2 is 2.00 bits per heavy atom. The van der Waals surface area contributed by atoms with E-state index in [2.05, 4.69) is 51.6 Å². The molecule has 4 heterocycles. The number of hydrogen-bond donors (Lipinski definition) is 0. The van der Waals surface area contributed by atoms with Crippen LogP contribution < -0.4 is 0 Å². The second-order valence-electron chi connectivity index (χ2n) is 6.63. The van der Waals surface area contributed by atoms with Crippen LogP contribution in [0.25, 0.3) is 22.3 Å². The highest BCUT2D eigenvalue weighted by atomic mass is 32.1. The number of nitrogens with zero attached hydrogens (tertiary/aromatic N) is 5. The van der Waals surface area contributed by atoms with E-state index in [1.165, 1.54) is 5.56 Å². The summed E-state index contributed by atoms with van der Waals surface area (Å²) >= 11 is 1.58. The molecule has 1 aliphatic rings. The van der Waals surface area contributed by atoms with Crippen molar-refractivity contribution in [3.63, 3.8) is 0 Å². The molecule has 0 saturated heterocycles. The van der Waals surface area contributed by atoms with Gasteiger partial charge in [0.15, 0.2) is 5.69 Å². The minimum Gasteiger partial charge on any atom is -0.365 e. The van der Waals surface area contributed by atoms with Crippen LogP contribution in [0.4, 0.5) is 0 Å². The van der Waals surface area contributed by atoms with Crippen LogP contribution >= 0.6 is 11.3 Å². The highest BCUT2D eigenvalue weighted by Crippen LogP contribution is 2.32. The van der Waals surface area contributed by atoms with E-state index in [1.54, 1.807) is 11.3 Å². The quantitative estimate of drug-likeness (QED) is 0.536. The molecular formula is C19H17N5O2S. The molecule has 7 nitrogen and oxygen atoms in total. The monoisotopic (exact) mass is 379 g/mol. The molecule has 0 N–H and O–H groups in total. The molecule has 0 bridgehead atoms. The molecule has 8 heteroatoms. The Morgan fingerprint density at radius 3 is 2.78 bits per heavy atom. The van der Waals surface area contributed by atoms with Crippen LogP contribution in [-0.2, 0) is 17.9 Å². The van der Waals surface area contributed by atoms with Gasteiger partial charge in [0, 0.05) is 0 Å². The molecular weight excluding hydrogens is 362 g/mol. The standard InChI is InChI=1S/C19H17N5O2S/c1-11-3-5-13(6-4-11)15-9-24-14(10-25-15)16(21-23-24)18-20-19(26-22-18)17-12(2)7-8-27-17/h3-8,15H,9-10H2,1-2H3/t15-/m0/s1. The fraction of sp³-hybridized carbons (Fsp3) is 0.263. The summed E-state index contributed by atoms with van der Waals surface area (Å²) < 4.78 is 13.4. The van der Waals surface area contributed by atoms with Gasteiger partial charge in [-0.15, -0.1) is 16.4 Å². The predicted molar refractivity (Wildman–Crippen MR) is 100 cm³/mol. The topological polar surface area (TPSA) is 78.9 Å². The fourth-order valence-corrected chi connectivity index (χ4v) is 4.02. The maximum absolute atomic E-state index is 6.06. The summed E-state index contributed by atoms with van der Waals surface area (Å²) in [5.41, 5.74) is 4.96. The van der Waals surface area contributed by atoms with Crippen molar-refractivity contribution in [2.75, 3.05) is 0 Å². The Labute approximate surface area is 159 Å². The van der Waals surface area contributed by atoms with Crippen LogP contribution in [-0.4, -0.2) is 25.1 Å². The number of aromatic nitrogens is 5. The van der Waals surface area contributed by atoms with Gasteiger partial charge in [0.05, 0.1) is 23.7 Å². The summed E-state index contributed by atoms with van der Waals surface area (Å²) in [6, 6.07) is 10.4. The number of fused-ring (bicyclic) bond motifs is 1. The number of hydrogen-bond acceptors (Lipinski definition) is 7. The van der Waals surface area contributed by atoms with Crippen LogP contribution in [0.5, 0.6) is 0 Å². The first-order valence-electron chi connectivity index (χ1n) is 8.68. The predicted octanol–water partition coefficient (Wildman–Crippen LogP) is 3.94. The fourth-order valence-electron chi connectivity index (χ4n) is 3.17. The number of rotatable bonds is 3. The van der Waals surface area contributed by atoms with Gasteiger partial charge in [0.25, 0.3) is 5.89 Å². The van der Waals surface area contributed by atoms with Gasteiger partial charge in [-0.1, -0.05) is 40.2 Å². The molecule has 1 aromatic carbocycles. The molecule has 0 unspecified atom stereocenters. The molecule has 0 amide bonds. The lowest BCUT2D eigenvalue weighted by molar-refractivity contribution is -0.00112. The molecule has 27 heavy (non-hydrogen) atoms. The zero-order chi connectivity index (χ0) is 18.4. The van der Waals surface area contributed by atoms with Crippen LogP contribution in [0.1, 0.15) is 28.5 Å². The highest BCUT2D eigenvalue weighted by Gasteiger charge is 2.27. The third-order valence-corrected chi connectivity index (χ3v) is 5.75. The van der Waals surface area contributed by atoms with Crippen molar-refractivity contribution in [2.45, 2.75) is 33.1 Å². The van der Waals surface area contributed by atoms with Crippen molar-refractivity contribution < 1.29 is 9.26 Å². The Hall–Kier alpha value is -2.84. The zero-order valence-electron chi connectivity index (χ0n) is 14.9. The smallest absolute Gasteiger partial charge is 0.268 e. The number of benzene rings is 1. The Kier molecular flexibility index (Phi) is 3.87. The maximum Gasteiger partial charge on any atom is 0.268 e. The van der Waals surface area contributed by atoms with Crippen molar-refractivity contribution in [2.24, 2.45) is 0 Å². The molecule has 4 aromatic rings. The summed E-state index contributed by atoms with van der Waals surface area (Å²) in [6.07, 6.45) is -0.0396. The molecule has 1 atom stereocenters. The van der Waals surface area contributed by atoms with Crippen LogP contribution in [0.3, 0.4) is 0 Å². The zero-order valence-corrected chi connectivity index (χ0v) is 15.7. The Bertz CT molecular complexity index is 1100. The van der Waals surface area contributed by atoms with Crippen LogP contribution in [0.2, 0.25) is 0 Å². The first-order chi connectivity index (χ1) is 13.2. The van der Waals surface area contributed by atoms with Gasteiger partial charge >= 0.3 is 0 Å². The van der Waals surface area contributed by atoms with Gasteiger partial charge in [-0.3, -0.25) is 0 Å². The summed E-state index contributed by atoms with van der Waals surface area (Å²) in [4.78, 5) is 5.49. The summed E-state index contributed by atoms with van der Waals surface area (Å²) in [6.45, 7) is 5.11. The highest BCUT2D eigenvalue weighted by molar-refractivity contribution is 7.13. The first kappa shape index (κ1) is 16.3. The Morgan fingerprint density at radius 1 is 1.15 bits per heavy atom. The SMILES string of the molecule is Cc1ccc([C@@H]2Cn3nnc(-c4noc(-c5sccc5C)n4)c3CO2)cc1. The lowest BCUT2D eigenvalue weighted by Gasteiger charge is -2.24. The van der Waals surface area contributed by atoms with E-state index < -0.39 is 0 Å². The Balaban J connectivity index is 1.42. The molecule has 136 valence electrons. The average Bonchev–Trinajstić information content (AvgIpc) is 3.40. The number of ether oxygens (including phenoxy) is 1. The van der Waals surface area contributed by atoms with Crippen LogP contribution in [0.15, 0.2) is 40.2 Å². The minimum absolute atomic E-state index is 0.0396. The van der Waals surface area contributed by atoms with Gasteiger partial charge in [0.2, 0.25) is 5.82 Å². The van der Waals surface area contributed by atoms with Gasteiger partial charge in [0.1, 0.15) is 6.10 Å². The molecule has 0 fully saturated rings. The van der Waals surface area contributed by atoms with Crippen molar-refractivity contribution in [3.8, 4) is 22.3 Å². The third kappa shape index (κ3) is 2.87.